The largest absolute Gasteiger partial charge is 0.453 e. The number of hydrogen-bond acceptors (Lipinski definition) is 2. The van der Waals surface area contributed by atoms with Crippen molar-refractivity contribution in [2.75, 3.05) is 0 Å². The van der Waals surface area contributed by atoms with Gasteiger partial charge in [-0.05, 0) is 93.5 Å². The molecule has 0 unspecified atom stereocenters. The first-order valence-corrected chi connectivity index (χ1v) is 16.5. The number of ether oxygens (including phenoxy) is 1. The van der Waals surface area contributed by atoms with Gasteiger partial charge in [0, 0.05) is 10.8 Å². The lowest BCUT2D eigenvalue weighted by molar-refractivity contribution is 0.476. The number of rotatable bonds is 1. The van der Waals surface area contributed by atoms with Crippen LogP contribution in [0.1, 0.15) is 22.5 Å². The third-order valence-electron chi connectivity index (χ3n) is 10.9. The molecule has 0 radical (unpaired) electrons. The molecule has 0 bridgehead atoms. The van der Waals surface area contributed by atoms with E-state index in [1.165, 1.54) is 60.9 Å². The minimum absolute atomic E-state index is 0.544. The summed E-state index contributed by atoms with van der Waals surface area (Å²) in [7, 11) is 0. The van der Waals surface area contributed by atoms with Gasteiger partial charge in [-0.3, -0.25) is 4.57 Å². The SMILES string of the molecule is c1ccc2c(c1)Oc1ccc(-c3ccc4c(c3)C3(c5ccccc5-c5ccccc53)c3nc5ccccc5n3-4)c3c4ccccc4n-2c13. The van der Waals surface area contributed by atoms with E-state index < -0.39 is 5.41 Å². The average Bonchev–Trinajstić information content (AvgIpc) is 3.86. The van der Waals surface area contributed by atoms with Crippen LogP contribution < -0.4 is 4.74 Å². The van der Waals surface area contributed by atoms with Crippen LogP contribution in [0, 0.1) is 0 Å². The van der Waals surface area contributed by atoms with Gasteiger partial charge in [0.15, 0.2) is 11.5 Å². The average molecular weight is 612 g/mol. The molecule has 0 saturated carbocycles. The molecule has 4 heterocycles. The van der Waals surface area contributed by atoms with Gasteiger partial charge in [0.1, 0.15) is 11.2 Å². The van der Waals surface area contributed by atoms with Gasteiger partial charge in [0.25, 0.3) is 0 Å². The van der Waals surface area contributed by atoms with Crippen molar-refractivity contribution in [3.63, 3.8) is 0 Å². The molecule has 48 heavy (non-hydrogen) atoms. The number of nitrogens with zero attached hydrogens (tertiary/aromatic N) is 3. The zero-order valence-electron chi connectivity index (χ0n) is 25.7. The van der Waals surface area contributed by atoms with Gasteiger partial charge in [-0.2, -0.15) is 0 Å². The predicted molar refractivity (Wildman–Crippen MR) is 192 cm³/mol. The Balaban J connectivity index is 1.21. The maximum absolute atomic E-state index is 6.54. The van der Waals surface area contributed by atoms with Gasteiger partial charge >= 0.3 is 0 Å². The van der Waals surface area contributed by atoms with Crippen LogP contribution in [0.4, 0.5) is 0 Å². The van der Waals surface area contributed by atoms with Crippen molar-refractivity contribution in [3.8, 4) is 45.1 Å². The van der Waals surface area contributed by atoms with Crippen molar-refractivity contribution in [1.82, 2.24) is 14.1 Å². The molecule has 4 heteroatoms. The van der Waals surface area contributed by atoms with Crippen molar-refractivity contribution in [1.29, 1.82) is 0 Å². The van der Waals surface area contributed by atoms with Gasteiger partial charge in [-0.25, -0.2) is 4.98 Å². The topological polar surface area (TPSA) is 32.0 Å². The molecule has 4 nitrogen and oxygen atoms in total. The quantitative estimate of drug-likeness (QED) is 0.185. The van der Waals surface area contributed by atoms with E-state index in [0.717, 1.165) is 39.6 Å². The number of para-hydroxylation sites is 5. The standard InChI is InChI=1S/C44H25N3O/c1-4-14-31-28(11-1)29-12-2-5-15-32(29)44(31)33-25-26(21-23-36(33)47-37-18-8-6-16-34(37)45-43(44)47)27-22-24-40-42-41(27)30-13-3-7-17-35(30)46(42)38-19-9-10-20-39(38)48-40/h1-25H. The second-order valence-corrected chi connectivity index (χ2v) is 13.1. The van der Waals surface area contributed by atoms with Crippen LogP contribution in [0.5, 0.6) is 11.5 Å². The van der Waals surface area contributed by atoms with E-state index in [4.69, 9.17) is 9.72 Å². The maximum Gasteiger partial charge on any atom is 0.152 e. The Morgan fingerprint density at radius 2 is 1.21 bits per heavy atom. The van der Waals surface area contributed by atoms with E-state index in [-0.39, 0.29) is 0 Å². The fourth-order valence-electron chi connectivity index (χ4n) is 9.09. The Morgan fingerprint density at radius 3 is 2.06 bits per heavy atom. The molecule has 0 atom stereocenters. The van der Waals surface area contributed by atoms with Crippen LogP contribution in [0.2, 0.25) is 0 Å². The molecule has 2 aromatic heterocycles. The summed E-state index contributed by atoms with van der Waals surface area (Å²) in [6.45, 7) is 0. The highest BCUT2D eigenvalue weighted by Gasteiger charge is 2.54. The van der Waals surface area contributed by atoms with Crippen molar-refractivity contribution < 1.29 is 4.74 Å². The lowest BCUT2D eigenvalue weighted by Crippen LogP contribution is -2.27. The summed E-state index contributed by atoms with van der Waals surface area (Å²) >= 11 is 0. The van der Waals surface area contributed by atoms with Gasteiger partial charge in [0.2, 0.25) is 0 Å². The van der Waals surface area contributed by atoms with Crippen molar-refractivity contribution >= 4 is 32.8 Å². The molecule has 1 spiro atoms. The highest BCUT2D eigenvalue weighted by molar-refractivity contribution is 6.18. The van der Waals surface area contributed by atoms with Gasteiger partial charge in [0.05, 0.1) is 33.4 Å². The first-order valence-electron chi connectivity index (χ1n) is 16.5. The molecule has 1 aliphatic carbocycles. The zero-order valence-corrected chi connectivity index (χ0v) is 25.7. The van der Waals surface area contributed by atoms with Crippen molar-refractivity contribution in [3.05, 3.63) is 174 Å². The van der Waals surface area contributed by atoms with Gasteiger partial charge in [-0.15, -0.1) is 0 Å². The second-order valence-electron chi connectivity index (χ2n) is 13.1. The molecule has 9 aromatic rings. The lowest BCUT2D eigenvalue weighted by atomic mass is 9.72. The molecule has 7 aromatic carbocycles. The number of hydrogen-bond donors (Lipinski definition) is 0. The normalized spacial score (nSPS) is 14.2. The van der Waals surface area contributed by atoms with Crippen LogP contribution in [0.15, 0.2) is 152 Å². The summed E-state index contributed by atoms with van der Waals surface area (Å²) in [6.07, 6.45) is 0. The Bertz CT molecular complexity index is 2840. The van der Waals surface area contributed by atoms with Gasteiger partial charge in [-0.1, -0.05) is 97.1 Å². The van der Waals surface area contributed by atoms with Crippen LogP contribution in [-0.2, 0) is 5.41 Å². The fraction of sp³-hybridized carbons (Fsp3) is 0.0227. The van der Waals surface area contributed by atoms with Crippen LogP contribution in [-0.4, -0.2) is 14.1 Å². The van der Waals surface area contributed by atoms with E-state index >= 15 is 0 Å². The van der Waals surface area contributed by atoms with E-state index in [0.29, 0.717) is 0 Å². The zero-order chi connectivity index (χ0) is 31.1. The van der Waals surface area contributed by atoms with Crippen molar-refractivity contribution in [2.45, 2.75) is 5.41 Å². The smallest absolute Gasteiger partial charge is 0.152 e. The molecular weight excluding hydrogens is 587 g/mol. The predicted octanol–water partition coefficient (Wildman–Crippen LogP) is 10.6. The third-order valence-corrected chi connectivity index (χ3v) is 10.9. The number of benzene rings is 7. The summed E-state index contributed by atoms with van der Waals surface area (Å²) in [5.74, 6) is 2.82. The Kier molecular flexibility index (Phi) is 4.39. The monoisotopic (exact) mass is 611 g/mol. The Labute approximate surface area is 275 Å². The van der Waals surface area contributed by atoms with Crippen LogP contribution >= 0.6 is 0 Å². The van der Waals surface area contributed by atoms with E-state index in [1.807, 2.05) is 6.07 Å². The summed E-state index contributed by atoms with van der Waals surface area (Å²) < 4.78 is 11.3. The maximum atomic E-state index is 6.54. The third kappa shape index (κ3) is 2.75. The first-order chi connectivity index (χ1) is 23.8. The molecular formula is C44H25N3O. The second kappa shape index (κ2) is 8.49. The van der Waals surface area contributed by atoms with E-state index in [2.05, 4.69) is 155 Å². The van der Waals surface area contributed by atoms with Crippen molar-refractivity contribution in [2.24, 2.45) is 0 Å². The Morgan fingerprint density at radius 1 is 0.500 bits per heavy atom. The number of aromatic nitrogens is 3. The molecule has 222 valence electrons. The highest BCUT2D eigenvalue weighted by atomic mass is 16.5. The first kappa shape index (κ1) is 24.8. The molecule has 12 rings (SSSR count). The number of imidazole rings is 1. The molecule has 0 fully saturated rings. The lowest BCUT2D eigenvalue weighted by Gasteiger charge is -2.27. The minimum Gasteiger partial charge on any atom is -0.453 e. The minimum atomic E-state index is -0.544. The van der Waals surface area contributed by atoms with Gasteiger partial charge < -0.3 is 9.30 Å². The molecule has 3 aliphatic rings. The molecule has 2 aliphatic heterocycles. The molecule has 0 N–H and O–H groups in total. The molecule has 0 amide bonds. The summed E-state index contributed by atoms with van der Waals surface area (Å²) in [5, 5.41) is 2.43. The van der Waals surface area contributed by atoms with Crippen LogP contribution in [0.3, 0.4) is 0 Å². The van der Waals surface area contributed by atoms with E-state index in [1.54, 1.807) is 0 Å². The summed E-state index contributed by atoms with van der Waals surface area (Å²) in [6, 6.07) is 54.8. The molecule has 0 saturated heterocycles. The summed E-state index contributed by atoms with van der Waals surface area (Å²) in [5.41, 5.74) is 14.9. The summed E-state index contributed by atoms with van der Waals surface area (Å²) in [4.78, 5) is 5.43. The van der Waals surface area contributed by atoms with Crippen LogP contribution in [0.25, 0.3) is 66.5 Å². The Hall–Kier alpha value is -6.39. The highest BCUT2D eigenvalue weighted by Crippen LogP contribution is 2.61. The number of fused-ring (bicyclic) bond motifs is 17. The van der Waals surface area contributed by atoms with E-state index in [9.17, 15) is 0 Å². The fourth-order valence-corrected chi connectivity index (χ4v) is 9.09.